The number of hydrogen-bond acceptors (Lipinski definition) is 4. The van der Waals surface area contributed by atoms with Gasteiger partial charge in [0.1, 0.15) is 23.9 Å². The van der Waals surface area contributed by atoms with E-state index in [-0.39, 0.29) is 22.4 Å². The second-order valence-corrected chi connectivity index (χ2v) is 12.3. The molecule has 4 rings (SSSR count). The van der Waals surface area contributed by atoms with Crippen LogP contribution in [0.1, 0.15) is 64.9 Å². The van der Waals surface area contributed by atoms with Crippen molar-refractivity contribution >= 4 is 43.4 Å². The van der Waals surface area contributed by atoms with Crippen LogP contribution in [0.4, 0.5) is 0 Å². The van der Waals surface area contributed by atoms with E-state index in [0.717, 1.165) is 14.5 Å². The van der Waals surface area contributed by atoms with Crippen molar-refractivity contribution in [3.05, 3.63) is 62.0 Å². The summed E-state index contributed by atoms with van der Waals surface area (Å²) < 4.78 is 14.0. The molecule has 170 valence electrons. The Balaban J connectivity index is 1.98. The summed E-state index contributed by atoms with van der Waals surface area (Å²) in [4.78, 5) is 27.0. The fraction of sp³-hybridized carbons (Fsp3) is 0.462. The molecule has 0 radical (unpaired) electrons. The van der Waals surface area contributed by atoms with Crippen molar-refractivity contribution < 1.29 is 19.1 Å². The predicted octanol–water partition coefficient (Wildman–Crippen LogP) is 7.18. The maximum absolute atomic E-state index is 13.5. The lowest BCUT2D eigenvalue weighted by atomic mass is 9.65. The molecule has 1 heterocycles. The number of hydrogen-bond donors (Lipinski definition) is 0. The smallest absolute Gasteiger partial charge is 0.163 e. The molecule has 0 spiro atoms. The lowest BCUT2D eigenvalue weighted by molar-refractivity contribution is -0.120. The Bertz CT molecular complexity index is 1040. The average Bonchev–Trinajstić information content (AvgIpc) is 2.63. The summed E-state index contributed by atoms with van der Waals surface area (Å²) in [6.45, 7) is 12.4. The number of Topliss-reactive ketones (excluding diaryl/α,β-unsaturated/α-hetero) is 2. The van der Waals surface area contributed by atoms with Gasteiger partial charge in [-0.1, -0.05) is 56.3 Å². The Morgan fingerprint density at radius 1 is 1.00 bits per heavy atom. The summed E-state index contributed by atoms with van der Waals surface area (Å²) in [6.07, 6.45) is 3.85. The first-order valence-electron chi connectivity index (χ1n) is 10.9. The second kappa shape index (κ2) is 8.28. The number of rotatable bonds is 4. The summed E-state index contributed by atoms with van der Waals surface area (Å²) in [5.74, 6) is 1.59. The minimum atomic E-state index is -0.505. The highest BCUT2D eigenvalue weighted by atomic mass is 79.9. The second-order valence-electron chi connectivity index (χ2n) is 10.5. The fourth-order valence-electron chi connectivity index (χ4n) is 5.07. The van der Waals surface area contributed by atoms with Gasteiger partial charge in [0.15, 0.2) is 11.6 Å². The molecule has 0 N–H and O–H groups in total. The fourth-order valence-corrected chi connectivity index (χ4v) is 6.45. The molecule has 0 amide bonds. The monoisotopic (exact) mass is 562 g/mol. The van der Waals surface area contributed by atoms with E-state index < -0.39 is 5.92 Å². The van der Waals surface area contributed by atoms with Crippen molar-refractivity contribution in [2.24, 2.45) is 10.8 Å². The van der Waals surface area contributed by atoms with Crippen molar-refractivity contribution in [2.75, 3.05) is 6.61 Å². The lowest BCUT2D eigenvalue weighted by Gasteiger charge is -2.43. The molecule has 2 aliphatic carbocycles. The summed E-state index contributed by atoms with van der Waals surface area (Å²) in [7, 11) is 0. The zero-order chi connectivity index (χ0) is 23.4. The van der Waals surface area contributed by atoms with Crippen LogP contribution in [0.5, 0.6) is 5.75 Å². The largest absolute Gasteiger partial charge is 0.488 e. The molecule has 6 heteroatoms. The zero-order valence-electron chi connectivity index (χ0n) is 18.9. The van der Waals surface area contributed by atoms with Crippen LogP contribution in [-0.2, 0) is 14.3 Å². The van der Waals surface area contributed by atoms with E-state index in [1.165, 1.54) is 0 Å². The van der Waals surface area contributed by atoms with Gasteiger partial charge >= 0.3 is 0 Å². The third-order valence-electron chi connectivity index (χ3n) is 6.28. The highest BCUT2D eigenvalue weighted by Crippen LogP contribution is 2.55. The Labute approximate surface area is 206 Å². The number of ketones is 2. The normalized spacial score (nSPS) is 22.3. The molecule has 0 bridgehead atoms. The van der Waals surface area contributed by atoms with E-state index in [2.05, 4.69) is 66.1 Å². The first-order chi connectivity index (χ1) is 14.9. The molecule has 4 nitrogen and oxygen atoms in total. The van der Waals surface area contributed by atoms with Gasteiger partial charge in [0.2, 0.25) is 0 Å². The molecular formula is C26H28Br2O4. The molecule has 1 aromatic rings. The Morgan fingerprint density at radius 2 is 1.53 bits per heavy atom. The molecule has 0 aromatic heterocycles. The number of carbonyl (C=O) groups is 2. The van der Waals surface area contributed by atoms with Crippen LogP contribution >= 0.6 is 31.9 Å². The molecule has 0 saturated carbocycles. The van der Waals surface area contributed by atoms with Gasteiger partial charge in [-0.15, -0.1) is 0 Å². The molecule has 3 aliphatic rings. The average molecular weight is 564 g/mol. The van der Waals surface area contributed by atoms with Gasteiger partial charge in [-0.05, 0) is 38.9 Å². The molecular weight excluding hydrogens is 536 g/mol. The molecule has 0 unspecified atom stereocenters. The van der Waals surface area contributed by atoms with Crippen LogP contribution < -0.4 is 4.74 Å². The third-order valence-corrected chi connectivity index (χ3v) is 7.32. The Hall–Kier alpha value is -1.66. The molecule has 0 saturated heterocycles. The van der Waals surface area contributed by atoms with E-state index >= 15 is 0 Å². The van der Waals surface area contributed by atoms with Gasteiger partial charge < -0.3 is 9.47 Å². The summed E-state index contributed by atoms with van der Waals surface area (Å²) in [6, 6.07) is 3.86. The molecule has 0 fully saturated rings. The van der Waals surface area contributed by atoms with Gasteiger partial charge in [0.25, 0.3) is 0 Å². The van der Waals surface area contributed by atoms with Crippen LogP contribution in [0.2, 0.25) is 0 Å². The lowest BCUT2D eigenvalue weighted by Crippen LogP contribution is -2.37. The first-order valence-corrected chi connectivity index (χ1v) is 12.4. The van der Waals surface area contributed by atoms with Crippen LogP contribution in [0, 0.1) is 10.8 Å². The van der Waals surface area contributed by atoms with Gasteiger partial charge in [0.05, 0.1) is 10.4 Å². The van der Waals surface area contributed by atoms with Gasteiger partial charge in [-0.25, -0.2) is 0 Å². The maximum Gasteiger partial charge on any atom is 0.163 e. The quantitative estimate of drug-likeness (QED) is 0.364. The molecule has 1 aromatic carbocycles. The van der Waals surface area contributed by atoms with Crippen LogP contribution in [0.25, 0.3) is 0 Å². The van der Waals surface area contributed by atoms with E-state index in [1.54, 1.807) is 6.08 Å². The van der Waals surface area contributed by atoms with Crippen molar-refractivity contribution in [2.45, 2.75) is 59.3 Å². The van der Waals surface area contributed by atoms with Crippen LogP contribution in [0.3, 0.4) is 0 Å². The minimum absolute atomic E-state index is 0.0382. The van der Waals surface area contributed by atoms with Crippen LogP contribution in [-0.4, -0.2) is 18.2 Å². The summed E-state index contributed by atoms with van der Waals surface area (Å²) in [5, 5.41) is 0. The summed E-state index contributed by atoms with van der Waals surface area (Å²) >= 11 is 7.20. The zero-order valence-corrected chi connectivity index (χ0v) is 22.1. The van der Waals surface area contributed by atoms with E-state index in [0.29, 0.717) is 60.7 Å². The first kappa shape index (κ1) is 23.5. The topological polar surface area (TPSA) is 52.6 Å². The van der Waals surface area contributed by atoms with E-state index in [9.17, 15) is 9.59 Å². The maximum atomic E-state index is 13.5. The number of halogens is 2. The van der Waals surface area contributed by atoms with E-state index in [1.807, 2.05) is 12.1 Å². The predicted molar refractivity (Wildman–Crippen MR) is 131 cm³/mol. The number of ether oxygens (including phenoxy) is 2. The number of allylic oxidation sites excluding steroid dienone is 4. The molecule has 32 heavy (non-hydrogen) atoms. The Kier molecular flexibility index (Phi) is 6.08. The van der Waals surface area contributed by atoms with Gasteiger partial charge in [-0.3, -0.25) is 9.59 Å². The van der Waals surface area contributed by atoms with Crippen molar-refractivity contribution in [3.63, 3.8) is 0 Å². The highest BCUT2D eigenvalue weighted by molar-refractivity contribution is 9.11. The van der Waals surface area contributed by atoms with Crippen LogP contribution in [0.15, 0.2) is 56.4 Å². The molecule has 0 atom stereocenters. The van der Waals surface area contributed by atoms with Crippen molar-refractivity contribution in [3.8, 4) is 5.75 Å². The van der Waals surface area contributed by atoms with E-state index in [4.69, 9.17) is 9.47 Å². The Morgan fingerprint density at radius 3 is 2.03 bits per heavy atom. The standard InChI is InChI=1S/C26H28Br2O4/c1-6-7-31-24-15(8-14(27)9-16(24)28)21-22-17(29)10-25(2,3)12-19(22)32-20-13-26(4,5)11-18(30)23(20)21/h6,8-9,21H,1,7,10-13H2,2-5H3. The number of carbonyl (C=O) groups excluding carboxylic acids is 2. The summed E-state index contributed by atoms with van der Waals surface area (Å²) in [5.41, 5.74) is 1.62. The molecule has 1 aliphatic heterocycles. The number of benzene rings is 1. The third kappa shape index (κ3) is 4.28. The highest BCUT2D eigenvalue weighted by Gasteiger charge is 2.48. The van der Waals surface area contributed by atoms with Gasteiger partial charge in [-0.2, -0.15) is 0 Å². The SMILES string of the molecule is C=CCOc1c(Br)cc(Br)cc1C1C2=C(CC(C)(C)CC2=O)OC2=C1C(=O)CC(C)(C)C2. The van der Waals surface area contributed by atoms with Crippen molar-refractivity contribution in [1.82, 2.24) is 0 Å². The van der Waals surface area contributed by atoms with Gasteiger partial charge in [0, 0.05) is 46.9 Å². The minimum Gasteiger partial charge on any atom is -0.488 e. The van der Waals surface area contributed by atoms with Crippen molar-refractivity contribution in [1.29, 1.82) is 0 Å².